The summed E-state index contributed by atoms with van der Waals surface area (Å²) < 4.78 is 5.91. The highest BCUT2D eigenvalue weighted by atomic mass is 35.5. The summed E-state index contributed by atoms with van der Waals surface area (Å²) in [6.45, 7) is 1.90. The largest absolute Gasteiger partial charge is 0.495 e. The second-order valence-corrected chi connectivity index (χ2v) is 7.31. The van der Waals surface area contributed by atoms with Gasteiger partial charge in [0.25, 0.3) is 5.91 Å². The highest BCUT2D eigenvalue weighted by Crippen LogP contribution is 2.43. The number of amides is 1. The Hall–Kier alpha value is -1.46. The fraction of sp³-hybridized carbons (Fsp3) is 0.118. The zero-order chi connectivity index (χ0) is 17.4. The molecule has 0 saturated carbocycles. The van der Waals surface area contributed by atoms with E-state index in [0.29, 0.717) is 36.1 Å². The summed E-state index contributed by atoms with van der Waals surface area (Å²) in [5.41, 5.74) is 1.54. The number of anilines is 1. The molecular weight excluding hydrogens is 389 g/mol. The van der Waals surface area contributed by atoms with E-state index in [9.17, 15) is 4.79 Å². The van der Waals surface area contributed by atoms with Crippen LogP contribution in [0.3, 0.4) is 0 Å². The quantitative estimate of drug-likeness (QED) is 0.550. The number of methoxy groups -OCH3 is 1. The molecular formula is C17H12Cl3NO2S. The molecule has 0 aliphatic heterocycles. The molecule has 3 nitrogen and oxygen atoms in total. The van der Waals surface area contributed by atoms with Crippen molar-refractivity contribution in [2.24, 2.45) is 0 Å². The number of ether oxygens (including phenoxy) is 1. The Morgan fingerprint density at radius 3 is 2.54 bits per heavy atom. The molecule has 0 bridgehead atoms. The number of halogens is 3. The topological polar surface area (TPSA) is 38.3 Å². The van der Waals surface area contributed by atoms with Crippen LogP contribution in [-0.4, -0.2) is 13.0 Å². The smallest absolute Gasteiger partial charge is 0.267 e. The SMILES string of the molecule is COc1ccc2c(Cl)c(C(=O)Nc3ccc(C)c(Cl)c3)sc2c1Cl. The van der Waals surface area contributed by atoms with E-state index in [0.717, 1.165) is 10.9 Å². The van der Waals surface area contributed by atoms with E-state index in [4.69, 9.17) is 39.5 Å². The lowest BCUT2D eigenvalue weighted by Crippen LogP contribution is -2.10. The van der Waals surface area contributed by atoms with Crippen LogP contribution in [0.1, 0.15) is 15.2 Å². The number of rotatable bonds is 3. The highest BCUT2D eigenvalue weighted by molar-refractivity contribution is 7.22. The molecule has 1 heterocycles. The van der Waals surface area contributed by atoms with Gasteiger partial charge in [-0.2, -0.15) is 0 Å². The van der Waals surface area contributed by atoms with Crippen LogP contribution in [0.15, 0.2) is 30.3 Å². The Kier molecular flexibility index (Phi) is 4.92. The monoisotopic (exact) mass is 399 g/mol. The third-order valence-corrected chi connectivity index (χ3v) is 6.18. The first-order chi connectivity index (χ1) is 11.4. The van der Waals surface area contributed by atoms with Gasteiger partial charge in [0.05, 0.1) is 16.8 Å². The fourth-order valence-electron chi connectivity index (χ4n) is 2.24. The number of carbonyl (C=O) groups is 1. The van der Waals surface area contributed by atoms with Gasteiger partial charge in [-0.05, 0) is 36.8 Å². The molecule has 24 heavy (non-hydrogen) atoms. The van der Waals surface area contributed by atoms with E-state index in [2.05, 4.69) is 5.32 Å². The molecule has 3 aromatic rings. The van der Waals surface area contributed by atoms with Crippen molar-refractivity contribution >= 4 is 67.8 Å². The Morgan fingerprint density at radius 1 is 1.12 bits per heavy atom. The molecule has 7 heteroatoms. The predicted molar refractivity (Wildman–Crippen MR) is 103 cm³/mol. The Bertz CT molecular complexity index is 953. The number of fused-ring (bicyclic) bond motifs is 1. The summed E-state index contributed by atoms with van der Waals surface area (Å²) in [6, 6.07) is 8.84. The predicted octanol–water partition coefficient (Wildman–Crippen LogP) is 6.43. The van der Waals surface area contributed by atoms with E-state index in [-0.39, 0.29) is 5.91 Å². The van der Waals surface area contributed by atoms with Crippen molar-refractivity contribution in [3.63, 3.8) is 0 Å². The Balaban J connectivity index is 1.99. The Labute approximate surface area is 158 Å². The van der Waals surface area contributed by atoms with Crippen molar-refractivity contribution in [1.82, 2.24) is 0 Å². The first-order valence-electron chi connectivity index (χ1n) is 6.94. The van der Waals surface area contributed by atoms with Gasteiger partial charge in [0, 0.05) is 16.1 Å². The number of aryl methyl sites for hydroxylation is 1. The van der Waals surface area contributed by atoms with Crippen LogP contribution in [0.4, 0.5) is 5.69 Å². The van der Waals surface area contributed by atoms with Crippen LogP contribution in [0.5, 0.6) is 5.75 Å². The number of hydrogen-bond acceptors (Lipinski definition) is 3. The van der Waals surface area contributed by atoms with Crippen molar-refractivity contribution < 1.29 is 9.53 Å². The summed E-state index contributed by atoms with van der Waals surface area (Å²) >= 11 is 20.0. The number of nitrogens with one attached hydrogen (secondary N) is 1. The van der Waals surface area contributed by atoms with Crippen molar-refractivity contribution in [2.75, 3.05) is 12.4 Å². The molecule has 0 spiro atoms. The van der Waals surface area contributed by atoms with E-state index in [1.54, 1.807) is 24.3 Å². The van der Waals surface area contributed by atoms with Gasteiger partial charge in [-0.3, -0.25) is 4.79 Å². The first-order valence-corrected chi connectivity index (χ1v) is 8.89. The first kappa shape index (κ1) is 17.4. The molecule has 0 radical (unpaired) electrons. The molecule has 1 aromatic heterocycles. The Morgan fingerprint density at radius 2 is 1.88 bits per heavy atom. The highest BCUT2D eigenvalue weighted by Gasteiger charge is 2.20. The summed E-state index contributed by atoms with van der Waals surface area (Å²) in [5.74, 6) is 0.232. The normalized spacial score (nSPS) is 10.9. The lowest BCUT2D eigenvalue weighted by molar-refractivity contribution is 0.103. The minimum absolute atomic E-state index is 0.309. The molecule has 1 amide bonds. The number of hydrogen-bond donors (Lipinski definition) is 1. The summed E-state index contributed by atoms with van der Waals surface area (Å²) in [7, 11) is 1.54. The lowest BCUT2D eigenvalue weighted by Gasteiger charge is -2.06. The van der Waals surface area contributed by atoms with E-state index in [1.807, 2.05) is 13.0 Å². The zero-order valence-electron chi connectivity index (χ0n) is 12.7. The number of benzene rings is 2. The van der Waals surface area contributed by atoms with Crippen molar-refractivity contribution in [3.05, 3.63) is 55.8 Å². The van der Waals surface area contributed by atoms with E-state index >= 15 is 0 Å². The third-order valence-electron chi connectivity index (χ3n) is 3.56. The lowest BCUT2D eigenvalue weighted by atomic mass is 10.2. The maximum Gasteiger partial charge on any atom is 0.267 e. The van der Waals surface area contributed by atoms with E-state index < -0.39 is 0 Å². The zero-order valence-corrected chi connectivity index (χ0v) is 15.8. The van der Waals surface area contributed by atoms with E-state index in [1.165, 1.54) is 18.4 Å². The minimum atomic E-state index is -0.309. The molecule has 0 unspecified atom stereocenters. The minimum Gasteiger partial charge on any atom is -0.495 e. The van der Waals surface area contributed by atoms with Gasteiger partial charge in [0.1, 0.15) is 15.6 Å². The summed E-state index contributed by atoms with van der Waals surface area (Å²) in [6.07, 6.45) is 0. The molecule has 0 aliphatic carbocycles. The third kappa shape index (κ3) is 3.07. The van der Waals surface area contributed by atoms with Crippen molar-refractivity contribution in [2.45, 2.75) is 6.92 Å². The van der Waals surface area contributed by atoms with Gasteiger partial charge in [-0.25, -0.2) is 0 Å². The maximum absolute atomic E-state index is 12.6. The van der Waals surface area contributed by atoms with Crippen LogP contribution < -0.4 is 10.1 Å². The molecule has 0 atom stereocenters. The molecule has 3 rings (SSSR count). The van der Waals surface area contributed by atoms with Crippen LogP contribution in [-0.2, 0) is 0 Å². The van der Waals surface area contributed by atoms with Gasteiger partial charge >= 0.3 is 0 Å². The van der Waals surface area contributed by atoms with Gasteiger partial charge < -0.3 is 10.1 Å². The molecule has 1 N–H and O–H groups in total. The summed E-state index contributed by atoms with van der Waals surface area (Å²) in [5, 5.41) is 4.93. The molecule has 0 saturated heterocycles. The summed E-state index contributed by atoms with van der Waals surface area (Å²) in [4.78, 5) is 13.0. The molecule has 0 fully saturated rings. The second kappa shape index (κ2) is 6.81. The fourth-order valence-corrected chi connectivity index (χ4v) is 4.21. The molecule has 124 valence electrons. The van der Waals surface area contributed by atoms with Crippen molar-refractivity contribution in [3.8, 4) is 5.75 Å². The second-order valence-electron chi connectivity index (χ2n) is 5.12. The van der Waals surface area contributed by atoms with Crippen LogP contribution in [0.25, 0.3) is 10.1 Å². The maximum atomic E-state index is 12.6. The molecule has 0 aliphatic rings. The average molecular weight is 401 g/mol. The number of carbonyl (C=O) groups excluding carboxylic acids is 1. The van der Waals surface area contributed by atoms with Gasteiger partial charge in [0.2, 0.25) is 0 Å². The average Bonchev–Trinajstić information content (AvgIpc) is 2.89. The van der Waals surface area contributed by atoms with Gasteiger partial charge in [-0.1, -0.05) is 40.9 Å². The van der Waals surface area contributed by atoms with Crippen LogP contribution in [0.2, 0.25) is 15.1 Å². The molecule has 2 aromatic carbocycles. The van der Waals surface area contributed by atoms with Crippen LogP contribution >= 0.6 is 46.1 Å². The van der Waals surface area contributed by atoms with Crippen molar-refractivity contribution in [1.29, 1.82) is 0 Å². The van der Waals surface area contributed by atoms with Gasteiger partial charge in [-0.15, -0.1) is 11.3 Å². The van der Waals surface area contributed by atoms with Gasteiger partial charge in [0.15, 0.2) is 0 Å². The van der Waals surface area contributed by atoms with Crippen LogP contribution in [0, 0.1) is 6.92 Å². The number of thiophene rings is 1. The standard InChI is InChI=1S/C17H12Cl3NO2S/c1-8-3-4-9(7-11(8)18)21-17(22)16-13(19)10-5-6-12(23-2)14(20)15(10)24-16/h3-7H,1-2H3,(H,21,22).